The Morgan fingerprint density at radius 1 is 1.11 bits per heavy atom. The summed E-state index contributed by atoms with van der Waals surface area (Å²) in [4.78, 5) is 23.6. The maximum atomic E-state index is 13.3. The molecule has 3 aromatic rings. The van der Waals surface area contributed by atoms with Crippen molar-refractivity contribution in [3.63, 3.8) is 0 Å². The first kappa shape index (κ1) is 19.5. The van der Waals surface area contributed by atoms with Crippen molar-refractivity contribution in [1.29, 1.82) is 0 Å². The van der Waals surface area contributed by atoms with E-state index in [4.69, 9.17) is 0 Å². The summed E-state index contributed by atoms with van der Waals surface area (Å²) >= 11 is 1.16. The van der Waals surface area contributed by atoms with Gasteiger partial charge in [0.1, 0.15) is 5.82 Å². The number of aromatic nitrogens is 4. The zero-order valence-electron chi connectivity index (χ0n) is 15.1. The maximum absolute atomic E-state index is 13.3. The van der Waals surface area contributed by atoms with Gasteiger partial charge >= 0.3 is 0 Å². The Bertz CT molecular complexity index is 1010. The molecule has 1 unspecified atom stereocenters. The van der Waals surface area contributed by atoms with E-state index in [1.807, 2.05) is 0 Å². The van der Waals surface area contributed by atoms with E-state index in [1.165, 1.54) is 29.8 Å². The van der Waals surface area contributed by atoms with E-state index in [-0.39, 0.29) is 11.8 Å². The van der Waals surface area contributed by atoms with Gasteiger partial charge in [0.15, 0.2) is 0 Å². The standard InChI is InChI=1S/C18H17FN6O2S/c1-11(17(27)21-14-6-3-5-13(19)9-14)28-18-22-23-24-25(18)16-8-4-7-15(10-16)20-12(2)26/h3-11H,1-2H3,(H,20,26)(H,21,27). The highest BCUT2D eigenvalue weighted by molar-refractivity contribution is 8.00. The smallest absolute Gasteiger partial charge is 0.237 e. The van der Waals surface area contributed by atoms with Crippen molar-refractivity contribution >= 4 is 35.0 Å². The van der Waals surface area contributed by atoms with E-state index in [0.29, 0.717) is 22.2 Å². The van der Waals surface area contributed by atoms with Crippen molar-refractivity contribution < 1.29 is 14.0 Å². The average Bonchev–Trinajstić information content (AvgIpc) is 3.09. The molecule has 0 fully saturated rings. The molecule has 2 amide bonds. The van der Waals surface area contributed by atoms with Crippen LogP contribution in [0.4, 0.5) is 15.8 Å². The highest BCUT2D eigenvalue weighted by atomic mass is 32.2. The molecular formula is C18H17FN6O2S. The fourth-order valence-electron chi connectivity index (χ4n) is 2.35. The summed E-state index contributed by atoms with van der Waals surface area (Å²) in [6.45, 7) is 3.12. The topological polar surface area (TPSA) is 102 Å². The molecule has 0 bridgehead atoms. The number of tetrazole rings is 1. The molecule has 10 heteroatoms. The predicted octanol–water partition coefficient (Wildman–Crippen LogP) is 2.88. The summed E-state index contributed by atoms with van der Waals surface area (Å²) in [6, 6.07) is 12.7. The second kappa shape index (κ2) is 8.61. The largest absolute Gasteiger partial charge is 0.326 e. The third kappa shape index (κ3) is 4.92. The number of anilines is 2. The predicted molar refractivity (Wildman–Crippen MR) is 104 cm³/mol. The Kier molecular flexibility index (Phi) is 5.99. The fraction of sp³-hybridized carbons (Fsp3) is 0.167. The molecule has 0 saturated heterocycles. The van der Waals surface area contributed by atoms with Gasteiger partial charge in [-0.05, 0) is 53.7 Å². The highest BCUT2D eigenvalue weighted by Gasteiger charge is 2.19. The molecule has 2 N–H and O–H groups in total. The normalized spacial score (nSPS) is 11.7. The summed E-state index contributed by atoms with van der Waals surface area (Å²) in [5, 5.41) is 16.8. The van der Waals surface area contributed by atoms with E-state index < -0.39 is 11.1 Å². The van der Waals surface area contributed by atoms with Crippen LogP contribution in [0, 0.1) is 5.82 Å². The van der Waals surface area contributed by atoms with Crippen molar-refractivity contribution in [2.45, 2.75) is 24.3 Å². The van der Waals surface area contributed by atoms with Gasteiger partial charge < -0.3 is 10.6 Å². The molecule has 1 atom stereocenters. The van der Waals surface area contributed by atoms with Crippen LogP contribution < -0.4 is 10.6 Å². The number of nitrogens with one attached hydrogen (secondary N) is 2. The first-order valence-electron chi connectivity index (χ1n) is 8.32. The number of thioether (sulfide) groups is 1. The summed E-state index contributed by atoms with van der Waals surface area (Å²) in [5.74, 6) is -0.927. The Morgan fingerprint density at radius 3 is 2.54 bits per heavy atom. The van der Waals surface area contributed by atoms with Crippen LogP contribution in [0.5, 0.6) is 0 Å². The van der Waals surface area contributed by atoms with Crippen molar-refractivity contribution in [1.82, 2.24) is 20.2 Å². The van der Waals surface area contributed by atoms with Crippen molar-refractivity contribution in [3.05, 3.63) is 54.3 Å². The van der Waals surface area contributed by atoms with Gasteiger partial charge in [0, 0.05) is 18.3 Å². The van der Waals surface area contributed by atoms with Crippen LogP contribution >= 0.6 is 11.8 Å². The summed E-state index contributed by atoms with van der Waals surface area (Å²) in [7, 11) is 0. The second-order valence-corrected chi connectivity index (χ2v) is 7.17. The number of halogens is 1. The minimum absolute atomic E-state index is 0.189. The zero-order chi connectivity index (χ0) is 20.1. The lowest BCUT2D eigenvalue weighted by Gasteiger charge is -2.12. The molecule has 0 saturated carbocycles. The third-order valence-corrected chi connectivity index (χ3v) is 4.63. The van der Waals surface area contributed by atoms with Crippen molar-refractivity contribution in [2.24, 2.45) is 0 Å². The molecular weight excluding hydrogens is 383 g/mol. The van der Waals surface area contributed by atoms with E-state index in [0.717, 1.165) is 11.8 Å². The Hall–Kier alpha value is -3.27. The van der Waals surface area contributed by atoms with Crippen LogP contribution in [-0.2, 0) is 9.59 Å². The summed E-state index contributed by atoms with van der Waals surface area (Å²) in [6.07, 6.45) is 0. The van der Waals surface area contributed by atoms with Crippen LogP contribution in [0.25, 0.3) is 5.69 Å². The lowest BCUT2D eigenvalue weighted by atomic mass is 10.3. The van der Waals surface area contributed by atoms with Crippen LogP contribution in [0.2, 0.25) is 0 Å². The Labute approximate surface area is 164 Å². The van der Waals surface area contributed by atoms with Gasteiger partial charge in [-0.3, -0.25) is 9.59 Å². The minimum atomic E-state index is -0.536. The lowest BCUT2D eigenvalue weighted by Crippen LogP contribution is -2.23. The Balaban J connectivity index is 1.73. The molecule has 0 spiro atoms. The van der Waals surface area contributed by atoms with Gasteiger partial charge in [0.25, 0.3) is 0 Å². The number of carbonyl (C=O) groups is 2. The molecule has 8 nitrogen and oxygen atoms in total. The van der Waals surface area contributed by atoms with Crippen LogP contribution in [0.1, 0.15) is 13.8 Å². The minimum Gasteiger partial charge on any atom is -0.326 e. The second-order valence-electron chi connectivity index (χ2n) is 5.86. The number of benzene rings is 2. The van der Waals surface area contributed by atoms with E-state index in [9.17, 15) is 14.0 Å². The van der Waals surface area contributed by atoms with Crippen LogP contribution in [0.15, 0.2) is 53.7 Å². The molecule has 144 valence electrons. The molecule has 1 aromatic heterocycles. The number of amides is 2. The summed E-state index contributed by atoms with van der Waals surface area (Å²) < 4.78 is 14.7. The molecule has 0 radical (unpaired) electrons. The molecule has 2 aromatic carbocycles. The van der Waals surface area contributed by atoms with Gasteiger partial charge in [0.05, 0.1) is 10.9 Å². The maximum Gasteiger partial charge on any atom is 0.237 e. The SMILES string of the molecule is CC(=O)Nc1cccc(-n2nnnc2SC(C)C(=O)Nc2cccc(F)c2)c1. The van der Waals surface area contributed by atoms with E-state index in [1.54, 1.807) is 37.3 Å². The van der Waals surface area contributed by atoms with Crippen LogP contribution in [0.3, 0.4) is 0 Å². The van der Waals surface area contributed by atoms with Gasteiger partial charge in [-0.25, -0.2) is 4.39 Å². The Morgan fingerprint density at radius 2 is 1.82 bits per heavy atom. The van der Waals surface area contributed by atoms with Gasteiger partial charge in [-0.15, -0.1) is 5.10 Å². The molecule has 0 aliphatic carbocycles. The lowest BCUT2D eigenvalue weighted by molar-refractivity contribution is -0.115. The third-order valence-electron chi connectivity index (χ3n) is 3.60. The molecule has 1 heterocycles. The number of rotatable bonds is 6. The average molecular weight is 400 g/mol. The van der Waals surface area contributed by atoms with E-state index in [2.05, 4.69) is 26.2 Å². The van der Waals surface area contributed by atoms with Crippen molar-refractivity contribution in [3.8, 4) is 5.69 Å². The van der Waals surface area contributed by atoms with Gasteiger partial charge in [0.2, 0.25) is 17.0 Å². The first-order valence-corrected chi connectivity index (χ1v) is 9.20. The monoisotopic (exact) mass is 400 g/mol. The molecule has 0 aliphatic rings. The molecule has 3 rings (SSSR count). The van der Waals surface area contributed by atoms with Crippen LogP contribution in [-0.4, -0.2) is 37.3 Å². The highest BCUT2D eigenvalue weighted by Crippen LogP contribution is 2.25. The summed E-state index contributed by atoms with van der Waals surface area (Å²) in [5.41, 5.74) is 1.62. The van der Waals surface area contributed by atoms with E-state index >= 15 is 0 Å². The quantitative estimate of drug-likeness (QED) is 0.617. The number of hydrogen-bond donors (Lipinski definition) is 2. The molecule has 0 aliphatic heterocycles. The van der Waals surface area contributed by atoms with Crippen molar-refractivity contribution in [2.75, 3.05) is 10.6 Å². The number of nitrogens with zero attached hydrogens (tertiary/aromatic N) is 4. The van der Waals surface area contributed by atoms with Gasteiger partial charge in [-0.2, -0.15) is 4.68 Å². The zero-order valence-corrected chi connectivity index (χ0v) is 15.9. The fourth-order valence-corrected chi connectivity index (χ4v) is 3.16. The number of carbonyl (C=O) groups excluding carboxylic acids is 2. The van der Waals surface area contributed by atoms with Gasteiger partial charge in [-0.1, -0.05) is 23.9 Å². The number of hydrogen-bond acceptors (Lipinski definition) is 6. The molecule has 28 heavy (non-hydrogen) atoms. The first-order chi connectivity index (χ1) is 13.4.